The van der Waals surface area contributed by atoms with Crippen molar-refractivity contribution in [2.45, 2.75) is 12.8 Å². The van der Waals surface area contributed by atoms with Crippen LogP contribution < -0.4 is 5.32 Å². The lowest BCUT2D eigenvalue weighted by molar-refractivity contribution is 0.857. The standard InChI is InChI=1S/C4H9N/c1-2-4-5-3-1/h5H,1-4H2/i3+0. The van der Waals surface area contributed by atoms with Gasteiger partial charge in [-0.15, -0.1) is 0 Å². The summed E-state index contributed by atoms with van der Waals surface area (Å²) in [7, 11) is 0. The van der Waals surface area contributed by atoms with Crippen molar-refractivity contribution >= 4 is 0 Å². The van der Waals surface area contributed by atoms with E-state index in [-0.39, 0.29) is 0 Å². The highest BCUT2D eigenvalue weighted by molar-refractivity contribution is 4.55. The van der Waals surface area contributed by atoms with E-state index in [1.165, 1.54) is 25.9 Å². The van der Waals surface area contributed by atoms with Crippen molar-refractivity contribution in [3.63, 3.8) is 0 Å². The molecule has 0 aromatic carbocycles. The topological polar surface area (TPSA) is 12.0 Å². The van der Waals surface area contributed by atoms with E-state index in [1.807, 2.05) is 0 Å². The average Bonchev–Trinajstić information content (AvgIpc) is 1.76. The molecule has 0 spiro atoms. The largest absolute Gasteiger partial charge is 0.317 e. The highest BCUT2D eigenvalue weighted by Crippen LogP contribution is 1.90. The van der Waals surface area contributed by atoms with Crippen LogP contribution in [0.1, 0.15) is 12.8 Å². The third-order valence-corrected chi connectivity index (χ3v) is 0.957. The zero-order chi connectivity index (χ0) is 3.54. The molecule has 1 fully saturated rings. The maximum Gasteiger partial charge on any atom is -0.00484 e. The second kappa shape index (κ2) is 1.41. The van der Waals surface area contributed by atoms with Crippen molar-refractivity contribution in [1.82, 2.24) is 5.32 Å². The van der Waals surface area contributed by atoms with Gasteiger partial charge in [0.25, 0.3) is 0 Å². The van der Waals surface area contributed by atoms with Crippen molar-refractivity contribution in [1.29, 1.82) is 0 Å². The average molecular weight is 71.1 g/mol. The molecule has 1 saturated heterocycles. The molecule has 1 N–H and O–H groups in total. The summed E-state index contributed by atoms with van der Waals surface area (Å²) in [4.78, 5) is 0. The summed E-state index contributed by atoms with van der Waals surface area (Å²) in [6, 6.07) is 0. The van der Waals surface area contributed by atoms with Crippen molar-refractivity contribution in [3.05, 3.63) is 0 Å². The summed E-state index contributed by atoms with van der Waals surface area (Å²) in [5.41, 5.74) is 0. The summed E-state index contributed by atoms with van der Waals surface area (Å²) >= 11 is 0. The molecule has 0 aliphatic carbocycles. The van der Waals surface area contributed by atoms with Crippen LogP contribution in [-0.4, -0.2) is 13.1 Å². The molecular weight excluding hydrogens is 62.0 g/mol. The summed E-state index contributed by atoms with van der Waals surface area (Å²) < 4.78 is 0. The van der Waals surface area contributed by atoms with Gasteiger partial charge < -0.3 is 5.32 Å². The van der Waals surface area contributed by atoms with Crippen LogP contribution in [0.15, 0.2) is 0 Å². The first-order valence-corrected chi connectivity index (χ1v) is 2.21. The van der Waals surface area contributed by atoms with Gasteiger partial charge in [0.2, 0.25) is 0 Å². The molecule has 1 aliphatic rings. The van der Waals surface area contributed by atoms with Gasteiger partial charge in [-0.3, -0.25) is 0 Å². The molecule has 1 heteroatoms. The van der Waals surface area contributed by atoms with Crippen LogP contribution in [0, 0.1) is 0 Å². The summed E-state index contributed by atoms with van der Waals surface area (Å²) in [6.45, 7) is 2.50. The van der Waals surface area contributed by atoms with Crippen molar-refractivity contribution < 1.29 is 0 Å². The Hall–Kier alpha value is -0.0400. The van der Waals surface area contributed by atoms with Crippen molar-refractivity contribution in [2.75, 3.05) is 13.1 Å². The van der Waals surface area contributed by atoms with E-state index in [1.54, 1.807) is 0 Å². The van der Waals surface area contributed by atoms with Crippen LogP contribution in [-0.2, 0) is 0 Å². The number of hydrogen-bond acceptors (Lipinski definition) is 1. The van der Waals surface area contributed by atoms with E-state index in [4.69, 9.17) is 0 Å². The molecule has 30 valence electrons. The van der Waals surface area contributed by atoms with Crippen LogP contribution in [0.3, 0.4) is 0 Å². The predicted molar refractivity (Wildman–Crippen MR) is 22.1 cm³/mol. The molecule has 0 aromatic rings. The lowest BCUT2D eigenvalue weighted by atomic mass is 10.4. The molecule has 0 unspecified atom stereocenters. The maximum atomic E-state index is 3.22. The Bertz CT molecular complexity index is 15.2. The van der Waals surface area contributed by atoms with Gasteiger partial charge in [0.15, 0.2) is 0 Å². The molecule has 0 amide bonds. The van der Waals surface area contributed by atoms with E-state index in [0.29, 0.717) is 0 Å². The highest BCUT2D eigenvalue weighted by Gasteiger charge is 1.93. The first-order valence-electron chi connectivity index (χ1n) is 2.21. The fourth-order valence-corrected chi connectivity index (χ4v) is 0.625. The summed E-state index contributed by atoms with van der Waals surface area (Å²) in [6.07, 6.45) is 2.78. The van der Waals surface area contributed by atoms with E-state index in [9.17, 15) is 0 Å². The molecule has 1 aliphatic heterocycles. The van der Waals surface area contributed by atoms with Gasteiger partial charge in [-0.25, -0.2) is 0 Å². The van der Waals surface area contributed by atoms with Gasteiger partial charge in [-0.1, -0.05) is 0 Å². The van der Waals surface area contributed by atoms with Gasteiger partial charge in [0.1, 0.15) is 0 Å². The van der Waals surface area contributed by atoms with Crippen LogP contribution >= 0.6 is 0 Å². The van der Waals surface area contributed by atoms with E-state index >= 15 is 0 Å². The smallest absolute Gasteiger partial charge is 0.00484 e. The minimum atomic E-state index is 1.25. The fraction of sp³-hybridized carbons (Fsp3) is 1.00. The van der Waals surface area contributed by atoms with Gasteiger partial charge in [0.05, 0.1) is 0 Å². The van der Waals surface area contributed by atoms with Gasteiger partial charge in [-0.2, -0.15) is 0 Å². The van der Waals surface area contributed by atoms with Crippen LogP contribution in [0.25, 0.3) is 0 Å². The Morgan fingerprint density at radius 2 is 1.60 bits per heavy atom. The Kier molecular flexibility index (Phi) is 0.892. The highest BCUT2D eigenvalue weighted by atomic mass is 14.9. The second-order valence-corrected chi connectivity index (χ2v) is 1.46. The Morgan fingerprint density at radius 1 is 1.00 bits per heavy atom. The second-order valence-electron chi connectivity index (χ2n) is 1.46. The third kappa shape index (κ3) is 0.618. The normalized spacial score (nSPS) is 24.0. The van der Waals surface area contributed by atoms with Gasteiger partial charge in [0, 0.05) is 0 Å². The third-order valence-electron chi connectivity index (χ3n) is 0.957. The van der Waals surface area contributed by atoms with E-state index in [0.717, 1.165) is 0 Å². The molecule has 0 atom stereocenters. The van der Waals surface area contributed by atoms with E-state index in [2.05, 4.69) is 5.32 Å². The van der Waals surface area contributed by atoms with Crippen molar-refractivity contribution in [2.24, 2.45) is 0 Å². The number of nitrogens with one attached hydrogen (secondary N) is 1. The Morgan fingerprint density at radius 3 is 1.80 bits per heavy atom. The molecule has 5 heavy (non-hydrogen) atoms. The summed E-state index contributed by atoms with van der Waals surface area (Å²) in [5, 5.41) is 3.22. The fourth-order valence-electron chi connectivity index (χ4n) is 0.625. The van der Waals surface area contributed by atoms with Crippen LogP contribution in [0.5, 0.6) is 0 Å². The minimum absolute atomic E-state index is 1.25. The molecule has 0 radical (unpaired) electrons. The zero-order valence-electron chi connectivity index (χ0n) is 3.33. The first kappa shape index (κ1) is 3.16. The first-order chi connectivity index (χ1) is 2.50. The quantitative estimate of drug-likeness (QED) is 0.435. The molecule has 1 rings (SSSR count). The van der Waals surface area contributed by atoms with Crippen molar-refractivity contribution in [3.8, 4) is 0 Å². The minimum Gasteiger partial charge on any atom is -0.317 e. The van der Waals surface area contributed by atoms with Crippen LogP contribution in [0.4, 0.5) is 0 Å². The zero-order valence-corrected chi connectivity index (χ0v) is 3.33. The molecule has 0 bridgehead atoms. The monoisotopic (exact) mass is 71.1 g/mol. The Balaban J connectivity index is 2.08. The van der Waals surface area contributed by atoms with Crippen LogP contribution in [0.2, 0.25) is 0 Å². The molecule has 1 nitrogen and oxygen atoms in total. The number of rotatable bonds is 0. The molecule has 0 saturated carbocycles. The molecular formula is C4H9N. The maximum absolute atomic E-state index is 3.22. The molecule has 0 aromatic heterocycles. The predicted octanol–water partition coefficient (Wildman–Crippen LogP) is 0.370. The Labute approximate surface area is 32.4 Å². The lowest BCUT2D eigenvalue weighted by Gasteiger charge is -1.76. The van der Waals surface area contributed by atoms with Gasteiger partial charge in [-0.05, 0) is 25.9 Å². The SMILES string of the molecule is C1C[12CH2]NC1. The molecule has 1 heterocycles. The summed E-state index contributed by atoms with van der Waals surface area (Å²) in [5.74, 6) is 0. The number of hydrogen-bond donors (Lipinski definition) is 1. The van der Waals surface area contributed by atoms with E-state index < -0.39 is 0 Å². The van der Waals surface area contributed by atoms with Gasteiger partial charge >= 0.3 is 0 Å². The lowest BCUT2D eigenvalue weighted by Crippen LogP contribution is -2.03.